The Morgan fingerprint density at radius 3 is 2.36 bits per heavy atom. The monoisotopic (exact) mass is 613 g/mol. The number of imide groups is 1. The summed E-state index contributed by atoms with van der Waals surface area (Å²) in [5.41, 5.74) is 5.05. The van der Waals surface area contributed by atoms with E-state index in [1.807, 2.05) is 0 Å². The molecule has 1 aliphatic rings. The highest BCUT2D eigenvalue weighted by molar-refractivity contribution is 6.16. The molecule has 1 aliphatic heterocycles. The van der Waals surface area contributed by atoms with Crippen LogP contribution in [0.25, 0.3) is 0 Å². The minimum Gasteiger partial charge on any atom is -0.404 e. The summed E-state index contributed by atoms with van der Waals surface area (Å²) in [7, 11) is 3.10. The maximum Gasteiger partial charge on any atom is 0.573 e. The van der Waals surface area contributed by atoms with Crippen LogP contribution >= 0.6 is 0 Å². The van der Waals surface area contributed by atoms with Crippen molar-refractivity contribution in [2.75, 3.05) is 29.6 Å². The Labute approximate surface area is 250 Å². The Morgan fingerprint density at radius 1 is 1.05 bits per heavy atom. The van der Waals surface area contributed by atoms with Gasteiger partial charge in [0.1, 0.15) is 17.4 Å². The molecule has 1 aromatic heterocycles. The lowest BCUT2D eigenvalue weighted by molar-refractivity contribution is -0.274. The first-order chi connectivity index (χ1) is 20.6. The number of nitrogens with two attached hydrogens (primary N) is 1. The number of aromatic nitrogens is 1. The molecule has 4 rings (SSSR count). The second kappa shape index (κ2) is 12.2. The normalized spacial score (nSPS) is 15.2. The molecule has 2 heterocycles. The zero-order valence-corrected chi connectivity index (χ0v) is 24.2. The summed E-state index contributed by atoms with van der Waals surface area (Å²) in [5.74, 6) is -1.97. The van der Waals surface area contributed by atoms with Crippen LogP contribution in [0.3, 0.4) is 0 Å². The number of carbonyl (C=O) groups excluding carboxylic acids is 4. The van der Waals surface area contributed by atoms with Crippen molar-refractivity contribution in [3.63, 3.8) is 0 Å². The topological polar surface area (TPSA) is 150 Å². The first-order valence-corrected chi connectivity index (χ1v) is 13.2. The van der Waals surface area contributed by atoms with Gasteiger partial charge in [-0.25, -0.2) is 14.6 Å². The fourth-order valence-corrected chi connectivity index (χ4v) is 4.48. The molecule has 15 heteroatoms. The van der Waals surface area contributed by atoms with E-state index in [0.717, 1.165) is 21.9 Å². The van der Waals surface area contributed by atoms with E-state index in [0.29, 0.717) is 11.1 Å². The molecule has 2 aromatic carbocycles. The van der Waals surface area contributed by atoms with E-state index in [1.165, 1.54) is 37.1 Å². The average molecular weight is 614 g/mol. The minimum atomic E-state index is -5.09. The average Bonchev–Trinajstić information content (AvgIpc) is 3.12. The number of amides is 6. The third-order valence-corrected chi connectivity index (χ3v) is 6.70. The largest absolute Gasteiger partial charge is 0.573 e. The number of hydrogen-bond acceptors (Lipinski definition) is 7. The van der Waals surface area contributed by atoms with Gasteiger partial charge in [0.2, 0.25) is 5.91 Å². The van der Waals surface area contributed by atoms with Crippen LogP contribution in [-0.2, 0) is 16.1 Å². The number of hydrogen-bond donors (Lipinski definition) is 3. The molecule has 44 heavy (non-hydrogen) atoms. The van der Waals surface area contributed by atoms with Gasteiger partial charge in [0, 0.05) is 26.0 Å². The van der Waals surface area contributed by atoms with Crippen LogP contribution in [-0.4, -0.2) is 64.7 Å². The second-order valence-electron chi connectivity index (χ2n) is 10.5. The number of pyridine rings is 1. The van der Waals surface area contributed by atoms with Crippen LogP contribution < -0.4 is 26.0 Å². The molecular weight excluding hydrogens is 583 g/mol. The van der Waals surface area contributed by atoms with Crippen LogP contribution in [0.2, 0.25) is 0 Å². The Hall–Kier alpha value is -5.18. The van der Waals surface area contributed by atoms with Gasteiger partial charge >= 0.3 is 18.4 Å². The van der Waals surface area contributed by atoms with Crippen molar-refractivity contribution in [1.82, 2.24) is 14.8 Å². The molecule has 0 spiro atoms. The fourth-order valence-electron chi connectivity index (χ4n) is 4.48. The summed E-state index contributed by atoms with van der Waals surface area (Å²) in [6, 6.07) is 12.0. The number of urea groups is 2. The van der Waals surface area contributed by atoms with Gasteiger partial charge in [-0.3, -0.25) is 24.7 Å². The van der Waals surface area contributed by atoms with Gasteiger partial charge in [0.25, 0.3) is 5.91 Å². The van der Waals surface area contributed by atoms with Gasteiger partial charge in [0.05, 0.1) is 12.2 Å². The van der Waals surface area contributed by atoms with Crippen LogP contribution in [0.4, 0.5) is 40.0 Å². The van der Waals surface area contributed by atoms with E-state index in [2.05, 4.69) is 20.4 Å². The van der Waals surface area contributed by atoms with E-state index >= 15 is 0 Å². The van der Waals surface area contributed by atoms with Gasteiger partial charge < -0.3 is 20.7 Å². The predicted molar refractivity (Wildman–Crippen MR) is 155 cm³/mol. The number of benzene rings is 2. The molecule has 0 saturated carbocycles. The number of ether oxygens (including phenoxy) is 1. The van der Waals surface area contributed by atoms with Gasteiger partial charge in [0.15, 0.2) is 5.75 Å². The zero-order chi connectivity index (χ0) is 32.4. The molecule has 0 bridgehead atoms. The number of anilines is 3. The van der Waals surface area contributed by atoms with Crippen molar-refractivity contribution < 1.29 is 37.1 Å². The molecule has 3 aromatic rings. The third kappa shape index (κ3) is 6.89. The highest BCUT2D eigenvalue weighted by atomic mass is 19.4. The van der Waals surface area contributed by atoms with Crippen molar-refractivity contribution in [3.8, 4) is 5.75 Å². The Bertz CT molecular complexity index is 1580. The van der Waals surface area contributed by atoms with E-state index in [9.17, 15) is 32.3 Å². The van der Waals surface area contributed by atoms with Gasteiger partial charge in [-0.2, -0.15) is 0 Å². The predicted octanol–water partition coefficient (Wildman–Crippen LogP) is 4.46. The number of nitrogens with zero attached hydrogens (tertiary/aromatic N) is 4. The van der Waals surface area contributed by atoms with Crippen molar-refractivity contribution >= 4 is 41.1 Å². The molecular formula is C29H30F3N7O5. The summed E-state index contributed by atoms with van der Waals surface area (Å²) in [6.45, 7) is 2.77. The number of carbonyl (C=O) groups is 4. The van der Waals surface area contributed by atoms with Crippen LogP contribution in [0.1, 0.15) is 31.0 Å². The van der Waals surface area contributed by atoms with Crippen molar-refractivity contribution in [3.05, 3.63) is 78.0 Å². The minimum absolute atomic E-state index is 0.0163. The molecule has 0 unspecified atom stereocenters. The molecule has 4 N–H and O–H groups in total. The van der Waals surface area contributed by atoms with E-state index < -0.39 is 53.3 Å². The summed E-state index contributed by atoms with van der Waals surface area (Å²) in [4.78, 5) is 59.5. The fraction of sp³-hybridized carbons (Fsp3) is 0.276. The lowest BCUT2D eigenvalue weighted by atomic mass is 10.0. The highest BCUT2D eigenvalue weighted by Crippen LogP contribution is 2.39. The molecule has 232 valence electrons. The standard InChI is InChI=1S/C29H30F3N7O5/c1-28(2)25(41)38(16-17-12-13-34-22(14-17)36-26(42)37(3)4)27(43)39(28)19-10-11-21(44-29(30,31)32)20(15-19)35-24(40)23(33)18-8-6-5-7-9-18/h5-15,23H,16,33H2,1-4H3,(H,35,40)(H,34,36,42)/t23-/m1/s1. The SMILES string of the molecule is CN(C)C(=O)Nc1cc(CN2C(=O)N(c3ccc(OC(F)(F)F)c(NC(=O)[C@H](N)c4ccccc4)c3)C(C)(C)C2=O)ccn1. The number of halogens is 3. The first-order valence-electron chi connectivity index (χ1n) is 13.2. The van der Waals surface area contributed by atoms with Crippen LogP contribution in [0, 0.1) is 0 Å². The third-order valence-electron chi connectivity index (χ3n) is 6.70. The van der Waals surface area contributed by atoms with Crippen molar-refractivity contribution in [2.45, 2.75) is 38.3 Å². The van der Waals surface area contributed by atoms with Crippen molar-refractivity contribution in [1.29, 1.82) is 0 Å². The maximum atomic E-state index is 13.6. The zero-order valence-electron chi connectivity index (χ0n) is 24.2. The number of rotatable bonds is 8. The summed E-state index contributed by atoms with van der Waals surface area (Å²) in [6.07, 6.45) is -3.68. The lowest BCUT2D eigenvalue weighted by Gasteiger charge is -2.28. The van der Waals surface area contributed by atoms with Crippen molar-refractivity contribution in [2.24, 2.45) is 5.73 Å². The van der Waals surface area contributed by atoms with Gasteiger partial charge in [-0.15, -0.1) is 13.2 Å². The Morgan fingerprint density at radius 2 is 1.73 bits per heavy atom. The van der Waals surface area contributed by atoms with Crippen LogP contribution in [0.15, 0.2) is 66.9 Å². The summed E-state index contributed by atoms with van der Waals surface area (Å²) >= 11 is 0. The quantitative estimate of drug-likeness (QED) is 0.318. The number of alkyl halides is 3. The summed E-state index contributed by atoms with van der Waals surface area (Å²) in [5, 5.41) is 4.94. The molecule has 1 fully saturated rings. The molecule has 1 atom stereocenters. The van der Waals surface area contributed by atoms with E-state index in [-0.39, 0.29) is 18.1 Å². The molecule has 0 radical (unpaired) electrons. The van der Waals surface area contributed by atoms with Crippen LogP contribution in [0.5, 0.6) is 5.75 Å². The number of nitrogens with one attached hydrogen (secondary N) is 2. The smallest absolute Gasteiger partial charge is 0.404 e. The summed E-state index contributed by atoms with van der Waals surface area (Å²) < 4.78 is 43.7. The molecule has 12 nitrogen and oxygen atoms in total. The van der Waals surface area contributed by atoms with E-state index in [4.69, 9.17) is 5.73 Å². The molecule has 1 saturated heterocycles. The molecule has 6 amide bonds. The maximum absolute atomic E-state index is 13.6. The Kier molecular flexibility index (Phi) is 8.81. The molecule has 0 aliphatic carbocycles. The van der Waals surface area contributed by atoms with Gasteiger partial charge in [-0.05, 0) is 55.3 Å². The van der Waals surface area contributed by atoms with Gasteiger partial charge in [-0.1, -0.05) is 30.3 Å². The van der Waals surface area contributed by atoms with E-state index in [1.54, 1.807) is 50.5 Å². The lowest BCUT2D eigenvalue weighted by Crippen LogP contribution is -2.44. The Balaban J connectivity index is 1.64. The first kappa shape index (κ1) is 31.7. The second-order valence-corrected chi connectivity index (χ2v) is 10.5. The highest BCUT2D eigenvalue weighted by Gasteiger charge is 2.52.